The maximum absolute atomic E-state index is 5.09. The van der Waals surface area contributed by atoms with Gasteiger partial charge in [0.05, 0.1) is 12.4 Å². The maximum Gasteiger partial charge on any atom is 0.171 e. The molecular weight excluding hydrogens is 276 g/mol. The second-order valence-corrected chi connectivity index (χ2v) is 4.67. The Morgan fingerprint density at radius 1 is 1.47 bits per heavy atom. The van der Waals surface area contributed by atoms with Gasteiger partial charge in [0.15, 0.2) is 10.9 Å². The SMILES string of the molecule is CC(C)CNC(=S)Nc1cnc(Br)cn1. The summed E-state index contributed by atoms with van der Waals surface area (Å²) in [6.07, 6.45) is 3.24. The zero-order chi connectivity index (χ0) is 11.3. The lowest BCUT2D eigenvalue weighted by molar-refractivity contribution is 0.627. The Bertz CT molecular complexity index is 325. The topological polar surface area (TPSA) is 49.8 Å². The van der Waals surface area contributed by atoms with Crippen molar-refractivity contribution in [1.29, 1.82) is 0 Å². The third kappa shape index (κ3) is 5.03. The molecule has 0 spiro atoms. The number of rotatable bonds is 3. The maximum atomic E-state index is 5.09. The molecule has 1 heterocycles. The molecule has 1 aromatic rings. The Kier molecular flexibility index (Phi) is 4.90. The second kappa shape index (κ2) is 5.97. The van der Waals surface area contributed by atoms with Gasteiger partial charge < -0.3 is 10.6 Å². The number of nitrogens with one attached hydrogen (secondary N) is 2. The van der Waals surface area contributed by atoms with Crippen LogP contribution in [-0.4, -0.2) is 21.6 Å². The highest BCUT2D eigenvalue weighted by Gasteiger charge is 2.00. The summed E-state index contributed by atoms with van der Waals surface area (Å²) in [6.45, 7) is 5.08. The van der Waals surface area contributed by atoms with Gasteiger partial charge in [0.1, 0.15) is 4.60 Å². The molecule has 6 heteroatoms. The molecule has 0 atom stereocenters. The molecule has 0 aliphatic rings. The molecule has 82 valence electrons. The fourth-order valence-corrected chi connectivity index (χ4v) is 1.23. The van der Waals surface area contributed by atoms with E-state index < -0.39 is 0 Å². The van der Waals surface area contributed by atoms with Gasteiger partial charge in [-0.1, -0.05) is 13.8 Å². The molecule has 0 saturated carbocycles. The summed E-state index contributed by atoms with van der Waals surface area (Å²) < 4.78 is 0.703. The second-order valence-electron chi connectivity index (χ2n) is 3.45. The Morgan fingerprint density at radius 2 is 2.20 bits per heavy atom. The predicted molar refractivity (Wildman–Crippen MR) is 68.8 cm³/mol. The van der Waals surface area contributed by atoms with Gasteiger partial charge in [0.2, 0.25) is 0 Å². The summed E-state index contributed by atoms with van der Waals surface area (Å²) in [7, 11) is 0. The molecule has 1 aromatic heterocycles. The fourth-order valence-electron chi connectivity index (χ4n) is 0.834. The monoisotopic (exact) mass is 288 g/mol. The van der Waals surface area contributed by atoms with Gasteiger partial charge in [0.25, 0.3) is 0 Å². The number of thiocarbonyl (C=S) groups is 1. The summed E-state index contributed by atoms with van der Waals surface area (Å²) >= 11 is 8.30. The van der Waals surface area contributed by atoms with Crippen molar-refractivity contribution < 1.29 is 0 Å². The lowest BCUT2D eigenvalue weighted by Crippen LogP contribution is -2.31. The molecule has 2 N–H and O–H groups in total. The van der Waals surface area contributed by atoms with Crippen molar-refractivity contribution in [1.82, 2.24) is 15.3 Å². The van der Waals surface area contributed by atoms with E-state index in [1.54, 1.807) is 12.4 Å². The van der Waals surface area contributed by atoms with Gasteiger partial charge >= 0.3 is 0 Å². The minimum atomic E-state index is 0.556. The average molecular weight is 289 g/mol. The number of nitrogens with zero attached hydrogens (tertiary/aromatic N) is 2. The van der Waals surface area contributed by atoms with Crippen LogP contribution in [-0.2, 0) is 0 Å². The molecule has 4 nitrogen and oxygen atoms in total. The van der Waals surface area contributed by atoms with E-state index >= 15 is 0 Å². The summed E-state index contributed by atoms with van der Waals surface area (Å²) in [4.78, 5) is 8.13. The quantitative estimate of drug-likeness (QED) is 0.835. The highest BCUT2D eigenvalue weighted by Crippen LogP contribution is 2.05. The molecule has 1 rings (SSSR count). The molecule has 0 saturated heterocycles. The largest absolute Gasteiger partial charge is 0.362 e. The zero-order valence-electron chi connectivity index (χ0n) is 8.62. The van der Waals surface area contributed by atoms with Gasteiger partial charge in [-0.3, -0.25) is 0 Å². The minimum absolute atomic E-state index is 0.556. The van der Waals surface area contributed by atoms with Crippen molar-refractivity contribution >= 4 is 39.1 Å². The van der Waals surface area contributed by atoms with E-state index in [-0.39, 0.29) is 0 Å². The Balaban J connectivity index is 2.41. The number of hydrogen-bond acceptors (Lipinski definition) is 3. The molecule has 0 unspecified atom stereocenters. The van der Waals surface area contributed by atoms with Crippen molar-refractivity contribution in [2.24, 2.45) is 5.92 Å². The zero-order valence-corrected chi connectivity index (χ0v) is 11.0. The Hall–Kier alpha value is -0.750. The van der Waals surface area contributed by atoms with Crippen molar-refractivity contribution in [2.45, 2.75) is 13.8 Å². The number of hydrogen-bond donors (Lipinski definition) is 2. The third-order valence-electron chi connectivity index (χ3n) is 1.53. The van der Waals surface area contributed by atoms with Crippen molar-refractivity contribution in [3.63, 3.8) is 0 Å². The Labute approximate surface area is 103 Å². The van der Waals surface area contributed by atoms with E-state index in [9.17, 15) is 0 Å². The first-order valence-corrected chi connectivity index (χ1v) is 5.80. The van der Waals surface area contributed by atoms with Gasteiger partial charge in [-0.25, -0.2) is 9.97 Å². The van der Waals surface area contributed by atoms with Gasteiger partial charge in [-0.15, -0.1) is 0 Å². The molecule has 0 aliphatic carbocycles. The van der Waals surface area contributed by atoms with Crippen LogP contribution in [0, 0.1) is 5.92 Å². The lowest BCUT2D eigenvalue weighted by Gasteiger charge is -2.11. The van der Waals surface area contributed by atoms with E-state index in [0.717, 1.165) is 6.54 Å². The predicted octanol–water partition coefficient (Wildman–Crippen LogP) is 2.18. The first-order valence-electron chi connectivity index (χ1n) is 4.60. The van der Waals surface area contributed by atoms with Crippen LogP contribution >= 0.6 is 28.1 Å². The summed E-state index contributed by atoms with van der Waals surface area (Å²) in [6, 6.07) is 0. The number of anilines is 1. The highest BCUT2D eigenvalue weighted by atomic mass is 79.9. The van der Waals surface area contributed by atoms with Crippen molar-refractivity contribution in [3.05, 3.63) is 17.0 Å². The highest BCUT2D eigenvalue weighted by molar-refractivity contribution is 9.10. The summed E-state index contributed by atoms with van der Waals surface area (Å²) in [5.74, 6) is 1.19. The molecular formula is C9H13BrN4S. The van der Waals surface area contributed by atoms with Crippen LogP contribution in [0.1, 0.15) is 13.8 Å². The molecule has 0 aliphatic heterocycles. The summed E-state index contributed by atoms with van der Waals surface area (Å²) in [5.41, 5.74) is 0. The lowest BCUT2D eigenvalue weighted by atomic mass is 10.2. The molecule has 0 aromatic carbocycles. The van der Waals surface area contributed by atoms with Crippen LogP contribution in [0.25, 0.3) is 0 Å². The smallest absolute Gasteiger partial charge is 0.171 e. The molecule has 0 bridgehead atoms. The van der Waals surface area contributed by atoms with Gasteiger partial charge in [0, 0.05) is 6.54 Å². The van der Waals surface area contributed by atoms with Crippen LogP contribution < -0.4 is 10.6 Å². The number of aromatic nitrogens is 2. The van der Waals surface area contributed by atoms with Gasteiger partial charge in [-0.2, -0.15) is 0 Å². The van der Waals surface area contributed by atoms with Gasteiger partial charge in [-0.05, 0) is 34.1 Å². The standard InChI is InChI=1S/C9H13BrN4S/c1-6(2)3-13-9(15)14-8-5-11-7(10)4-12-8/h4-6H,3H2,1-2H3,(H2,12,13,14,15). The molecule has 15 heavy (non-hydrogen) atoms. The van der Waals surface area contributed by atoms with E-state index in [4.69, 9.17) is 12.2 Å². The van der Waals surface area contributed by atoms with E-state index in [1.807, 2.05) is 0 Å². The van der Waals surface area contributed by atoms with Crippen LogP contribution in [0.4, 0.5) is 5.82 Å². The fraction of sp³-hybridized carbons (Fsp3) is 0.444. The van der Waals surface area contributed by atoms with Crippen LogP contribution in [0.15, 0.2) is 17.0 Å². The molecule has 0 radical (unpaired) electrons. The first-order chi connectivity index (χ1) is 7.08. The first kappa shape index (κ1) is 12.3. The molecule has 0 fully saturated rings. The van der Waals surface area contributed by atoms with Crippen LogP contribution in [0.3, 0.4) is 0 Å². The Morgan fingerprint density at radius 3 is 2.73 bits per heavy atom. The minimum Gasteiger partial charge on any atom is -0.362 e. The van der Waals surface area contributed by atoms with Crippen LogP contribution in [0.2, 0.25) is 0 Å². The average Bonchev–Trinajstić information content (AvgIpc) is 2.19. The van der Waals surface area contributed by atoms with Crippen LogP contribution in [0.5, 0.6) is 0 Å². The van der Waals surface area contributed by atoms with Crippen molar-refractivity contribution in [2.75, 3.05) is 11.9 Å². The van der Waals surface area contributed by atoms with E-state index in [1.165, 1.54) is 0 Å². The normalized spacial score (nSPS) is 10.1. The molecule has 0 amide bonds. The van der Waals surface area contributed by atoms with E-state index in [0.29, 0.717) is 21.5 Å². The third-order valence-corrected chi connectivity index (χ3v) is 2.19. The van der Waals surface area contributed by atoms with E-state index in [2.05, 4.69) is 50.4 Å². The number of halogens is 1. The summed E-state index contributed by atoms with van der Waals surface area (Å²) in [5, 5.41) is 6.61. The van der Waals surface area contributed by atoms with Crippen molar-refractivity contribution in [3.8, 4) is 0 Å².